The monoisotopic (exact) mass is 241 g/mol. The summed E-state index contributed by atoms with van der Waals surface area (Å²) in [6.45, 7) is 1.82. The Bertz CT molecular complexity index is 622. The van der Waals surface area contributed by atoms with Crippen molar-refractivity contribution in [2.24, 2.45) is 0 Å². The average Bonchev–Trinajstić information content (AvgIpc) is 2.15. The zero-order chi connectivity index (χ0) is 11.1. The summed E-state index contributed by atoms with van der Waals surface area (Å²) in [4.78, 5) is 4.09. The molecule has 5 heteroatoms. The van der Waals surface area contributed by atoms with Crippen molar-refractivity contribution in [3.8, 4) is 0 Å². The number of pyridine rings is 1. The molecule has 0 atom stereocenters. The van der Waals surface area contributed by atoms with Gasteiger partial charge in [0.2, 0.25) is 0 Å². The molecule has 0 saturated carbocycles. The van der Waals surface area contributed by atoms with Crippen molar-refractivity contribution < 1.29 is 8.42 Å². The van der Waals surface area contributed by atoms with E-state index in [2.05, 4.69) is 4.98 Å². The van der Waals surface area contributed by atoms with Crippen molar-refractivity contribution in [2.45, 2.75) is 11.8 Å². The lowest BCUT2D eigenvalue weighted by Gasteiger charge is -2.03. The first-order valence-corrected chi connectivity index (χ1v) is 6.59. The van der Waals surface area contributed by atoms with Gasteiger partial charge in [-0.25, -0.2) is 8.42 Å². The number of aromatic nitrogens is 1. The Labute approximate surface area is 92.1 Å². The largest absolute Gasteiger partial charge is 0.263 e. The molecule has 0 amide bonds. The van der Waals surface area contributed by atoms with E-state index in [1.807, 2.05) is 13.0 Å². The zero-order valence-corrected chi connectivity index (χ0v) is 9.51. The Morgan fingerprint density at radius 2 is 2.07 bits per heavy atom. The lowest BCUT2D eigenvalue weighted by molar-refractivity contribution is 0.610. The van der Waals surface area contributed by atoms with Crippen LogP contribution < -0.4 is 0 Å². The summed E-state index contributed by atoms with van der Waals surface area (Å²) in [5.74, 6) is 0. The highest BCUT2D eigenvalue weighted by molar-refractivity contribution is 8.14. The second-order valence-corrected chi connectivity index (χ2v) is 5.81. The van der Waals surface area contributed by atoms with Crippen LogP contribution in [0.2, 0.25) is 0 Å². The topological polar surface area (TPSA) is 47.0 Å². The van der Waals surface area contributed by atoms with Crippen molar-refractivity contribution in [2.75, 3.05) is 0 Å². The Morgan fingerprint density at radius 3 is 2.73 bits per heavy atom. The van der Waals surface area contributed by atoms with E-state index in [0.29, 0.717) is 5.52 Å². The van der Waals surface area contributed by atoms with Crippen LogP contribution in [0.1, 0.15) is 5.56 Å². The molecule has 3 nitrogen and oxygen atoms in total. The van der Waals surface area contributed by atoms with Crippen LogP contribution in [0.25, 0.3) is 10.9 Å². The van der Waals surface area contributed by atoms with Gasteiger partial charge < -0.3 is 0 Å². The van der Waals surface area contributed by atoms with Gasteiger partial charge >= 0.3 is 0 Å². The maximum absolute atomic E-state index is 11.3. The fourth-order valence-electron chi connectivity index (χ4n) is 1.49. The molecule has 0 radical (unpaired) electrons. The van der Waals surface area contributed by atoms with Crippen LogP contribution in [0.4, 0.5) is 0 Å². The fourth-order valence-corrected chi connectivity index (χ4v) is 2.57. The van der Waals surface area contributed by atoms with Gasteiger partial charge in [0.15, 0.2) is 0 Å². The first kappa shape index (κ1) is 10.4. The Morgan fingerprint density at radius 1 is 1.33 bits per heavy atom. The molecule has 0 N–H and O–H groups in total. The molecule has 1 heterocycles. The van der Waals surface area contributed by atoms with Gasteiger partial charge in [0.25, 0.3) is 9.05 Å². The summed E-state index contributed by atoms with van der Waals surface area (Å²) >= 11 is 0. The third kappa shape index (κ3) is 1.96. The molecule has 0 saturated heterocycles. The van der Waals surface area contributed by atoms with Gasteiger partial charge in [0.05, 0.1) is 5.52 Å². The molecule has 0 unspecified atom stereocenters. The third-order valence-corrected chi connectivity index (χ3v) is 3.41. The molecule has 0 aliphatic heterocycles. The lowest BCUT2D eigenvalue weighted by Crippen LogP contribution is -1.95. The van der Waals surface area contributed by atoms with E-state index in [9.17, 15) is 8.42 Å². The summed E-state index contributed by atoms with van der Waals surface area (Å²) in [5, 5.41) is 0.775. The van der Waals surface area contributed by atoms with Crippen LogP contribution in [-0.2, 0) is 9.05 Å². The number of aryl methyl sites for hydroxylation is 1. The maximum Gasteiger partial charge on any atom is 0.263 e. The zero-order valence-electron chi connectivity index (χ0n) is 7.94. The predicted octanol–water partition coefficient (Wildman–Crippen LogP) is 2.47. The van der Waals surface area contributed by atoms with Gasteiger partial charge in [0, 0.05) is 22.3 Å². The summed E-state index contributed by atoms with van der Waals surface area (Å²) in [7, 11) is 1.60. The summed E-state index contributed by atoms with van der Waals surface area (Å²) < 4.78 is 22.6. The minimum Gasteiger partial charge on any atom is -0.255 e. The van der Waals surface area contributed by atoms with Crippen molar-refractivity contribution in [3.05, 3.63) is 36.0 Å². The number of fused-ring (bicyclic) bond motifs is 1. The number of hydrogen-bond donors (Lipinski definition) is 0. The van der Waals surface area contributed by atoms with Crippen molar-refractivity contribution >= 4 is 30.6 Å². The second kappa shape index (κ2) is 3.47. The Kier molecular flexibility index (Phi) is 2.40. The maximum atomic E-state index is 11.3. The van der Waals surface area contributed by atoms with Gasteiger partial charge in [-0.3, -0.25) is 4.98 Å². The van der Waals surface area contributed by atoms with E-state index in [1.54, 1.807) is 18.3 Å². The normalized spacial score (nSPS) is 11.9. The molecule has 2 aromatic rings. The van der Waals surface area contributed by atoms with Crippen molar-refractivity contribution in [1.29, 1.82) is 0 Å². The standard InChI is InChI=1S/C10H8ClNO2S/c1-7-5-8-3-2-4-12-10(8)9(6-7)15(11,13)14/h2-6H,1H3. The van der Waals surface area contributed by atoms with Gasteiger partial charge in [-0.05, 0) is 30.7 Å². The summed E-state index contributed by atoms with van der Waals surface area (Å²) in [6.07, 6.45) is 1.54. The van der Waals surface area contributed by atoms with Gasteiger partial charge in [0.1, 0.15) is 4.90 Å². The smallest absolute Gasteiger partial charge is 0.255 e. The molecular weight excluding hydrogens is 234 g/mol. The molecule has 0 fully saturated rings. The first-order valence-electron chi connectivity index (χ1n) is 4.28. The van der Waals surface area contributed by atoms with Gasteiger partial charge in [-0.15, -0.1) is 0 Å². The molecule has 1 aromatic carbocycles. The van der Waals surface area contributed by atoms with Crippen molar-refractivity contribution in [1.82, 2.24) is 4.98 Å². The van der Waals surface area contributed by atoms with Crippen LogP contribution in [-0.4, -0.2) is 13.4 Å². The number of nitrogens with zero attached hydrogens (tertiary/aromatic N) is 1. The highest BCUT2D eigenvalue weighted by atomic mass is 35.7. The SMILES string of the molecule is Cc1cc(S(=O)(=O)Cl)c2ncccc2c1. The molecule has 0 aliphatic rings. The quantitative estimate of drug-likeness (QED) is 0.721. The van der Waals surface area contributed by atoms with Crippen LogP contribution in [0.5, 0.6) is 0 Å². The minimum absolute atomic E-state index is 0.0692. The third-order valence-electron chi connectivity index (χ3n) is 2.08. The minimum atomic E-state index is -3.74. The molecule has 0 bridgehead atoms. The summed E-state index contributed by atoms with van der Waals surface area (Å²) in [5.41, 5.74) is 1.26. The van der Waals surface area contributed by atoms with E-state index in [4.69, 9.17) is 10.7 Å². The van der Waals surface area contributed by atoms with Crippen molar-refractivity contribution in [3.63, 3.8) is 0 Å². The molecule has 1 aromatic heterocycles. The lowest BCUT2D eigenvalue weighted by atomic mass is 10.1. The second-order valence-electron chi connectivity index (χ2n) is 3.28. The van der Waals surface area contributed by atoms with Crippen LogP contribution in [0.15, 0.2) is 35.4 Å². The van der Waals surface area contributed by atoms with E-state index in [1.165, 1.54) is 6.07 Å². The molecular formula is C10H8ClNO2S. The molecule has 2 rings (SSSR count). The van der Waals surface area contributed by atoms with Gasteiger partial charge in [-0.2, -0.15) is 0 Å². The van der Waals surface area contributed by atoms with Gasteiger partial charge in [-0.1, -0.05) is 6.07 Å². The van der Waals surface area contributed by atoms with E-state index in [-0.39, 0.29) is 4.90 Å². The number of rotatable bonds is 1. The number of hydrogen-bond acceptors (Lipinski definition) is 3. The molecule has 0 aliphatic carbocycles. The fraction of sp³-hybridized carbons (Fsp3) is 0.100. The highest BCUT2D eigenvalue weighted by Gasteiger charge is 2.15. The Balaban J connectivity index is 2.96. The molecule has 15 heavy (non-hydrogen) atoms. The van der Waals surface area contributed by atoms with Crippen LogP contribution >= 0.6 is 10.7 Å². The van der Waals surface area contributed by atoms with Crippen LogP contribution in [0.3, 0.4) is 0 Å². The Hall–Kier alpha value is -1.13. The van der Waals surface area contributed by atoms with E-state index >= 15 is 0 Å². The highest BCUT2D eigenvalue weighted by Crippen LogP contribution is 2.25. The summed E-state index contributed by atoms with van der Waals surface area (Å²) in [6, 6.07) is 6.96. The number of benzene rings is 1. The average molecular weight is 242 g/mol. The van der Waals surface area contributed by atoms with E-state index < -0.39 is 9.05 Å². The molecule has 78 valence electrons. The number of halogens is 1. The first-order chi connectivity index (χ1) is 6.98. The predicted molar refractivity (Wildman–Crippen MR) is 59.5 cm³/mol. The van der Waals surface area contributed by atoms with E-state index in [0.717, 1.165) is 10.9 Å². The van der Waals surface area contributed by atoms with Crippen LogP contribution in [0, 0.1) is 6.92 Å². The molecule has 0 spiro atoms.